The molecule has 0 aromatic carbocycles. The molecule has 86 valence electrons. The molecular weight excluding hydrogens is 190 g/mol. The Morgan fingerprint density at radius 3 is 2.27 bits per heavy atom. The van der Waals surface area contributed by atoms with E-state index in [2.05, 4.69) is 30.9 Å². The standard InChI is InChI=1S/C12H21NO2/c1-11-5-3-4-6-12(11,2)13(7-9-14)8-10-15/h3-6,11,14-15H,7-10H2,1-2H3. The van der Waals surface area contributed by atoms with Crippen LogP contribution in [0.15, 0.2) is 24.3 Å². The summed E-state index contributed by atoms with van der Waals surface area (Å²) in [6.45, 7) is 5.74. The van der Waals surface area contributed by atoms with Gasteiger partial charge in [-0.2, -0.15) is 0 Å². The zero-order chi connectivity index (χ0) is 11.3. The minimum atomic E-state index is -0.0970. The fraction of sp³-hybridized carbons (Fsp3) is 0.667. The van der Waals surface area contributed by atoms with E-state index in [4.69, 9.17) is 10.2 Å². The van der Waals surface area contributed by atoms with E-state index >= 15 is 0 Å². The second-order valence-corrected chi connectivity index (χ2v) is 4.19. The van der Waals surface area contributed by atoms with Crippen molar-refractivity contribution >= 4 is 0 Å². The predicted molar refractivity (Wildman–Crippen MR) is 61.6 cm³/mol. The zero-order valence-electron chi connectivity index (χ0n) is 9.56. The van der Waals surface area contributed by atoms with Gasteiger partial charge in [-0.15, -0.1) is 0 Å². The third-order valence-electron chi connectivity index (χ3n) is 3.29. The number of hydrogen-bond donors (Lipinski definition) is 2. The quantitative estimate of drug-likeness (QED) is 0.707. The Bertz CT molecular complexity index is 244. The van der Waals surface area contributed by atoms with Gasteiger partial charge in [0.25, 0.3) is 0 Å². The van der Waals surface area contributed by atoms with Crippen molar-refractivity contribution in [3.8, 4) is 0 Å². The minimum Gasteiger partial charge on any atom is -0.395 e. The normalized spacial score (nSPS) is 30.1. The molecule has 0 saturated heterocycles. The van der Waals surface area contributed by atoms with Crippen molar-refractivity contribution in [3.63, 3.8) is 0 Å². The molecule has 0 heterocycles. The van der Waals surface area contributed by atoms with Crippen LogP contribution in [0.5, 0.6) is 0 Å². The first-order valence-corrected chi connectivity index (χ1v) is 5.48. The Morgan fingerprint density at radius 1 is 1.20 bits per heavy atom. The lowest BCUT2D eigenvalue weighted by atomic mass is 9.82. The molecule has 2 N–H and O–H groups in total. The first-order valence-electron chi connectivity index (χ1n) is 5.48. The highest BCUT2D eigenvalue weighted by molar-refractivity contribution is 5.22. The number of β-amino-alcohol motifs (C(OH)–C–C–N with tert-alkyl or cyclic N) is 2. The first kappa shape index (κ1) is 12.4. The molecule has 3 heteroatoms. The van der Waals surface area contributed by atoms with E-state index in [-0.39, 0.29) is 18.8 Å². The van der Waals surface area contributed by atoms with Crippen molar-refractivity contribution in [3.05, 3.63) is 24.3 Å². The Hall–Kier alpha value is -0.640. The lowest BCUT2D eigenvalue weighted by Crippen LogP contribution is -2.51. The van der Waals surface area contributed by atoms with E-state index in [0.717, 1.165) is 0 Å². The molecule has 1 aliphatic carbocycles. The lowest BCUT2D eigenvalue weighted by Gasteiger charge is -2.43. The maximum atomic E-state index is 9.03. The molecule has 0 aliphatic heterocycles. The SMILES string of the molecule is CC1C=CC=CC1(C)N(CCO)CCO. The third-order valence-corrected chi connectivity index (χ3v) is 3.29. The molecule has 2 unspecified atom stereocenters. The summed E-state index contributed by atoms with van der Waals surface area (Å²) >= 11 is 0. The van der Waals surface area contributed by atoms with Crippen LogP contribution in [0.3, 0.4) is 0 Å². The van der Waals surface area contributed by atoms with Crippen molar-refractivity contribution in [2.45, 2.75) is 19.4 Å². The van der Waals surface area contributed by atoms with E-state index in [0.29, 0.717) is 19.0 Å². The zero-order valence-corrected chi connectivity index (χ0v) is 9.56. The number of nitrogens with zero attached hydrogens (tertiary/aromatic N) is 1. The van der Waals surface area contributed by atoms with Gasteiger partial charge in [-0.1, -0.05) is 31.2 Å². The van der Waals surface area contributed by atoms with Crippen molar-refractivity contribution in [1.29, 1.82) is 0 Å². The van der Waals surface area contributed by atoms with Gasteiger partial charge in [-0.05, 0) is 12.8 Å². The summed E-state index contributed by atoms with van der Waals surface area (Å²) in [7, 11) is 0. The van der Waals surface area contributed by atoms with Gasteiger partial charge < -0.3 is 10.2 Å². The fourth-order valence-corrected chi connectivity index (χ4v) is 2.06. The topological polar surface area (TPSA) is 43.7 Å². The van der Waals surface area contributed by atoms with Crippen LogP contribution in [-0.4, -0.2) is 47.0 Å². The van der Waals surface area contributed by atoms with Gasteiger partial charge >= 0.3 is 0 Å². The summed E-state index contributed by atoms with van der Waals surface area (Å²) in [4.78, 5) is 2.12. The fourth-order valence-electron chi connectivity index (χ4n) is 2.06. The summed E-state index contributed by atoms with van der Waals surface area (Å²) in [5.41, 5.74) is -0.0970. The number of rotatable bonds is 5. The highest BCUT2D eigenvalue weighted by Crippen LogP contribution is 2.29. The van der Waals surface area contributed by atoms with Gasteiger partial charge in [0.1, 0.15) is 0 Å². The van der Waals surface area contributed by atoms with E-state index in [9.17, 15) is 0 Å². The molecule has 0 amide bonds. The van der Waals surface area contributed by atoms with Gasteiger partial charge in [0, 0.05) is 18.6 Å². The molecule has 15 heavy (non-hydrogen) atoms. The summed E-state index contributed by atoms with van der Waals surface area (Å²) in [6.07, 6.45) is 8.37. The molecule has 0 bridgehead atoms. The number of aliphatic hydroxyl groups is 2. The first-order chi connectivity index (χ1) is 7.15. The van der Waals surface area contributed by atoms with Crippen molar-refractivity contribution in [2.75, 3.05) is 26.3 Å². The van der Waals surface area contributed by atoms with Crippen LogP contribution in [0.4, 0.5) is 0 Å². The molecule has 0 aromatic heterocycles. The molecule has 3 nitrogen and oxygen atoms in total. The van der Waals surface area contributed by atoms with Crippen LogP contribution in [0.1, 0.15) is 13.8 Å². The molecular formula is C12H21NO2. The Morgan fingerprint density at radius 2 is 1.80 bits per heavy atom. The van der Waals surface area contributed by atoms with Gasteiger partial charge in [-0.25, -0.2) is 0 Å². The summed E-state index contributed by atoms with van der Waals surface area (Å²) in [6, 6.07) is 0. The summed E-state index contributed by atoms with van der Waals surface area (Å²) in [5, 5.41) is 18.1. The highest BCUT2D eigenvalue weighted by Gasteiger charge is 2.33. The highest BCUT2D eigenvalue weighted by atomic mass is 16.3. The van der Waals surface area contributed by atoms with Crippen LogP contribution >= 0.6 is 0 Å². The van der Waals surface area contributed by atoms with Crippen LogP contribution in [0, 0.1) is 5.92 Å². The number of allylic oxidation sites excluding steroid dienone is 2. The van der Waals surface area contributed by atoms with Crippen molar-refractivity contribution in [1.82, 2.24) is 4.90 Å². The van der Waals surface area contributed by atoms with Gasteiger partial charge in [-0.3, -0.25) is 4.90 Å². The molecule has 0 saturated carbocycles. The van der Waals surface area contributed by atoms with Crippen LogP contribution in [0.25, 0.3) is 0 Å². The number of hydrogen-bond acceptors (Lipinski definition) is 3. The molecule has 1 aliphatic rings. The molecule has 0 fully saturated rings. The minimum absolute atomic E-state index is 0.0970. The molecule has 2 atom stereocenters. The molecule has 0 radical (unpaired) electrons. The Balaban J connectivity index is 2.79. The average Bonchev–Trinajstić information content (AvgIpc) is 2.22. The monoisotopic (exact) mass is 211 g/mol. The summed E-state index contributed by atoms with van der Waals surface area (Å²) in [5.74, 6) is 0.389. The number of aliphatic hydroxyl groups excluding tert-OH is 2. The largest absolute Gasteiger partial charge is 0.395 e. The third kappa shape index (κ3) is 2.68. The molecule has 0 spiro atoms. The Kier molecular flexibility index (Phi) is 4.51. The maximum absolute atomic E-state index is 9.03. The molecule has 1 rings (SSSR count). The van der Waals surface area contributed by atoms with E-state index in [1.807, 2.05) is 12.2 Å². The van der Waals surface area contributed by atoms with Gasteiger partial charge in [0.15, 0.2) is 0 Å². The second kappa shape index (κ2) is 5.45. The maximum Gasteiger partial charge on any atom is 0.0558 e. The average molecular weight is 211 g/mol. The molecule has 0 aromatic rings. The Labute approximate surface area is 91.7 Å². The summed E-state index contributed by atoms with van der Waals surface area (Å²) < 4.78 is 0. The second-order valence-electron chi connectivity index (χ2n) is 4.19. The van der Waals surface area contributed by atoms with Crippen molar-refractivity contribution < 1.29 is 10.2 Å². The lowest BCUT2D eigenvalue weighted by molar-refractivity contribution is 0.0684. The van der Waals surface area contributed by atoms with E-state index in [1.54, 1.807) is 0 Å². The van der Waals surface area contributed by atoms with Crippen LogP contribution in [0.2, 0.25) is 0 Å². The van der Waals surface area contributed by atoms with Crippen molar-refractivity contribution in [2.24, 2.45) is 5.92 Å². The van der Waals surface area contributed by atoms with E-state index < -0.39 is 0 Å². The van der Waals surface area contributed by atoms with Gasteiger partial charge in [0.05, 0.1) is 13.2 Å². The van der Waals surface area contributed by atoms with E-state index in [1.165, 1.54) is 0 Å². The predicted octanol–water partition coefficient (Wildman–Crippen LogP) is 0.794. The van der Waals surface area contributed by atoms with Gasteiger partial charge in [0.2, 0.25) is 0 Å². The van der Waals surface area contributed by atoms with Crippen LogP contribution < -0.4 is 0 Å². The van der Waals surface area contributed by atoms with Crippen LogP contribution in [-0.2, 0) is 0 Å². The smallest absolute Gasteiger partial charge is 0.0558 e.